The minimum atomic E-state index is 0.0921. The number of Topliss-reactive ketones (excluding diaryl/α,β-unsaturated/α-hetero) is 1. The van der Waals surface area contributed by atoms with Gasteiger partial charge in [-0.05, 0) is 31.5 Å². The summed E-state index contributed by atoms with van der Waals surface area (Å²) in [4.78, 5) is 40.9. The molecule has 0 radical (unpaired) electrons. The molecule has 140 valence electrons. The maximum Gasteiger partial charge on any atom is 0.373 e. The van der Waals surface area contributed by atoms with E-state index in [2.05, 4.69) is 15.0 Å². The molecule has 0 amide bonds. The molecular formula is C21H17N3O3S. The molecule has 3 heterocycles. The molecule has 0 aliphatic rings. The van der Waals surface area contributed by atoms with Crippen molar-refractivity contribution in [2.24, 2.45) is 0 Å². The maximum absolute atomic E-state index is 12.6. The minimum absolute atomic E-state index is 0.0921. The van der Waals surface area contributed by atoms with Crippen molar-refractivity contribution in [2.75, 3.05) is 0 Å². The van der Waals surface area contributed by atoms with Gasteiger partial charge in [-0.1, -0.05) is 24.3 Å². The number of benzene rings is 1. The third-order valence-electron chi connectivity index (χ3n) is 4.15. The molecule has 0 unspecified atom stereocenters. The molecule has 7 heteroatoms. The summed E-state index contributed by atoms with van der Waals surface area (Å²) in [6.07, 6.45) is 2.37. The highest BCUT2D eigenvalue weighted by Crippen LogP contribution is 2.22. The number of nitrogens with one attached hydrogen (secondary N) is 1. The second-order valence-corrected chi connectivity index (χ2v) is 7.31. The van der Waals surface area contributed by atoms with E-state index in [0.717, 1.165) is 38.6 Å². The van der Waals surface area contributed by atoms with Crippen LogP contribution in [0, 0.1) is 13.8 Å². The van der Waals surface area contributed by atoms with Crippen LogP contribution < -0.4 is 0 Å². The molecule has 0 aliphatic heterocycles. The summed E-state index contributed by atoms with van der Waals surface area (Å²) in [5, 5.41) is 4.11. The van der Waals surface area contributed by atoms with Crippen LogP contribution in [0.1, 0.15) is 26.6 Å². The Hall–Kier alpha value is -3.41. The molecule has 0 bridgehead atoms. The molecule has 0 fully saturated rings. The molecule has 3 aromatic heterocycles. The van der Waals surface area contributed by atoms with Gasteiger partial charge in [-0.2, -0.15) is 9.59 Å². The van der Waals surface area contributed by atoms with Gasteiger partial charge < -0.3 is 4.98 Å². The molecule has 0 aliphatic carbocycles. The molecule has 0 saturated carbocycles. The Labute approximate surface area is 165 Å². The van der Waals surface area contributed by atoms with E-state index in [0.29, 0.717) is 12.0 Å². The van der Waals surface area contributed by atoms with Crippen molar-refractivity contribution < 1.29 is 14.4 Å². The smallest absolute Gasteiger partial charge is 0.344 e. The van der Waals surface area contributed by atoms with Crippen LogP contribution >= 0.6 is 11.3 Å². The molecule has 0 saturated heterocycles. The van der Waals surface area contributed by atoms with E-state index in [-0.39, 0.29) is 11.9 Å². The second-order valence-electron chi connectivity index (χ2n) is 6.25. The van der Waals surface area contributed by atoms with Crippen molar-refractivity contribution in [3.05, 3.63) is 69.8 Å². The zero-order valence-corrected chi connectivity index (χ0v) is 16.2. The number of H-pyrrole nitrogens is 1. The first-order valence-corrected chi connectivity index (χ1v) is 9.37. The average Bonchev–Trinajstić information content (AvgIpc) is 3.27. The average molecular weight is 391 g/mol. The topological polar surface area (TPSA) is 92.8 Å². The number of aromatic amines is 1. The van der Waals surface area contributed by atoms with E-state index in [9.17, 15) is 4.79 Å². The Morgan fingerprint density at radius 1 is 1.14 bits per heavy atom. The van der Waals surface area contributed by atoms with Gasteiger partial charge in [0.05, 0.1) is 10.7 Å². The van der Waals surface area contributed by atoms with Crippen LogP contribution in [0.25, 0.3) is 22.3 Å². The SMILES string of the molecule is Cc1cc2cc(CC(=O)c3ccc(-c4csc(C)n4)cc3)cnc2[nH]1.O=C=O. The number of carbonyl (C=O) groups excluding carboxylic acids is 3. The summed E-state index contributed by atoms with van der Waals surface area (Å²) in [5.41, 5.74) is 5.55. The summed E-state index contributed by atoms with van der Waals surface area (Å²) in [6.45, 7) is 3.99. The van der Waals surface area contributed by atoms with Gasteiger partial charge in [-0.3, -0.25) is 4.79 Å². The van der Waals surface area contributed by atoms with Gasteiger partial charge in [0.25, 0.3) is 0 Å². The first-order chi connectivity index (χ1) is 13.5. The molecule has 28 heavy (non-hydrogen) atoms. The Morgan fingerprint density at radius 2 is 1.86 bits per heavy atom. The zero-order chi connectivity index (χ0) is 20.1. The lowest BCUT2D eigenvalue weighted by atomic mass is 10.0. The monoisotopic (exact) mass is 391 g/mol. The van der Waals surface area contributed by atoms with Gasteiger partial charge in [0.15, 0.2) is 5.78 Å². The third-order valence-corrected chi connectivity index (χ3v) is 4.92. The van der Waals surface area contributed by atoms with E-state index in [1.807, 2.05) is 55.6 Å². The number of rotatable bonds is 4. The van der Waals surface area contributed by atoms with Gasteiger partial charge in [0.1, 0.15) is 5.65 Å². The molecular weight excluding hydrogens is 374 g/mol. The third kappa shape index (κ3) is 4.46. The minimum Gasteiger partial charge on any atom is -0.344 e. The highest BCUT2D eigenvalue weighted by molar-refractivity contribution is 7.09. The summed E-state index contributed by atoms with van der Waals surface area (Å²) < 4.78 is 0. The fourth-order valence-electron chi connectivity index (χ4n) is 2.90. The second kappa shape index (κ2) is 8.52. The van der Waals surface area contributed by atoms with E-state index in [1.54, 1.807) is 17.5 Å². The van der Waals surface area contributed by atoms with Crippen LogP contribution in [-0.4, -0.2) is 26.9 Å². The van der Waals surface area contributed by atoms with Crippen molar-refractivity contribution in [1.82, 2.24) is 15.0 Å². The predicted molar refractivity (Wildman–Crippen MR) is 106 cm³/mol. The van der Waals surface area contributed by atoms with Crippen LogP contribution in [0.5, 0.6) is 0 Å². The van der Waals surface area contributed by atoms with Gasteiger partial charge in [0.2, 0.25) is 0 Å². The van der Waals surface area contributed by atoms with Crippen LogP contribution in [0.4, 0.5) is 0 Å². The van der Waals surface area contributed by atoms with E-state index < -0.39 is 0 Å². The van der Waals surface area contributed by atoms with Crippen molar-refractivity contribution >= 4 is 34.3 Å². The van der Waals surface area contributed by atoms with Crippen LogP contribution in [0.3, 0.4) is 0 Å². The van der Waals surface area contributed by atoms with E-state index in [1.165, 1.54) is 0 Å². The predicted octanol–water partition coefficient (Wildman–Crippen LogP) is 4.15. The molecule has 4 rings (SSSR count). The van der Waals surface area contributed by atoms with Gasteiger partial charge in [-0.15, -0.1) is 11.3 Å². The molecule has 0 atom stereocenters. The lowest BCUT2D eigenvalue weighted by Gasteiger charge is -2.03. The normalized spacial score (nSPS) is 10.2. The standard InChI is InChI=1S/C20H17N3OS.CO2/c1-12-7-17-8-14(10-21-20(17)22-12)9-19(24)16-5-3-15(4-6-16)18-11-25-13(2)23-18;2-1-3/h3-8,10-11H,9H2,1-2H3,(H,21,22);. The van der Waals surface area contributed by atoms with Crippen LogP contribution in [0.15, 0.2) is 48.0 Å². The Balaban J connectivity index is 0.000000706. The fraction of sp³-hybridized carbons (Fsp3) is 0.143. The Bertz CT molecular complexity index is 1150. The number of nitrogens with zero attached hydrogens (tertiary/aromatic N) is 2. The van der Waals surface area contributed by atoms with Crippen molar-refractivity contribution in [2.45, 2.75) is 20.3 Å². The van der Waals surface area contributed by atoms with Crippen LogP contribution in [0.2, 0.25) is 0 Å². The summed E-state index contributed by atoms with van der Waals surface area (Å²) >= 11 is 1.63. The summed E-state index contributed by atoms with van der Waals surface area (Å²) in [6, 6.07) is 11.7. The van der Waals surface area contributed by atoms with Crippen molar-refractivity contribution in [3.63, 3.8) is 0 Å². The lowest BCUT2D eigenvalue weighted by molar-refractivity contribution is -0.191. The molecule has 1 N–H and O–H groups in total. The van der Waals surface area contributed by atoms with Crippen LogP contribution in [-0.2, 0) is 16.0 Å². The Morgan fingerprint density at radius 3 is 2.50 bits per heavy atom. The van der Waals surface area contributed by atoms with Gasteiger partial charge in [-0.25, -0.2) is 9.97 Å². The number of carbonyl (C=O) groups is 1. The first kappa shape index (κ1) is 19.4. The fourth-order valence-corrected chi connectivity index (χ4v) is 3.53. The van der Waals surface area contributed by atoms with Crippen molar-refractivity contribution in [1.29, 1.82) is 0 Å². The number of aryl methyl sites for hydroxylation is 2. The van der Waals surface area contributed by atoms with E-state index >= 15 is 0 Å². The van der Waals surface area contributed by atoms with Gasteiger partial charge >= 0.3 is 6.15 Å². The molecule has 4 aromatic rings. The lowest BCUT2D eigenvalue weighted by Crippen LogP contribution is -2.03. The molecule has 6 nitrogen and oxygen atoms in total. The van der Waals surface area contributed by atoms with Gasteiger partial charge in [0, 0.05) is 40.2 Å². The Kier molecular flexibility index (Phi) is 5.89. The number of thiazole rings is 1. The van der Waals surface area contributed by atoms with E-state index in [4.69, 9.17) is 9.59 Å². The first-order valence-electron chi connectivity index (χ1n) is 8.49. The summed E-state index contributed by atoms with van der Waals surface area (Å²) in [7, 11) is 0. The maximum atomic E-state index is 12.6. The van der Waals surface area contributed by atoms with Crippen molar-refractivity contribution in [3.8, 4) is 11.3 Å². The highest BCUT2D eigenvalue weighted by atomic mass is 32.1. The largest absolute Gasteiger partial charge is 0.373 e. The number of ketones is 1. The molecule has 1 aromatic carbocycles. The number of hydrogen-bond acceptors (Lipinski definition) is 6. The number of pyridine rings is 1. The highest BCUT2D eigenvalue weighted by Gasteiger charge is 2.10. The number of aromatic nitrogens is 3. The number of hydrogen-bond donors (Lipinski definition) is 1. The number of fused-ring (bicyclic) bond motifs is 1. The zero-order valence-electron chi connectivity index (χ0n) is 15.4. The quantitative estimate of drug-likeness (QED) is 0.528. The molecule has 0 spiro atoms. The summed E-state index contributed by atoms with van der Waals surface area (Å²) in [5.74, 6) is 0.0921.